The van der Waals surface area contributed by atoms with Crippen LogP contribution in [0.1, 0.15) is 16.0 Å². The van der Waals surface area contributed by atoms with Crippen LogP contribution in [0.4, 0.5) is 0 Å². The molecule has 1 atom stereocenters. The molecule has 1 unspecified atom stereocenters. The number of amides is 1. The number of rotatable bonds is 6. The van der Waals surface area contributed by atoms with E-state index in [2.05, 4.69) is 5.32 Å². The van der Waals surface area contributed by atoms with Crippen molar-refractivity contribution in [3.05, 3.63) is 68.9 Å². The van der Waals surface area contributed by atoms with Crippen molar-refractivity contribution in [2.45, 2.75) is 12.0 Å². The lowest BCUT2D eigenvalue weighted by molar-refractivity contribution is -0.121. The average molecular weight is 333 g/mol. The van der Waals surface area contributed by atoms with E-state index < -0.39 is 5.60 Å². The largest absolute Gasteiger partial charge is 0.472 e. The Hall–Kier alpha value is -1.89. The predicted octanol–water partition coefficient (Wildman–Crippen LogP) is 3.00. The van der Waals surface area contributed by atoms with Gasteiger partial charge in [-0.25, -0.2) is 0 Å². The molecule has 0 aliphatic rings. The minimum absolute atomic E-state index is 0.107. The van der Waals surface area contributed by atoms with E-state index in [4.69, 9.17) is 4.42 Å². The molecule has 3 aromatic heterocycles. The molecule has 0 aliphatic carbocycles. The zero-order chi connectivity index (χ0) is 15.4. The molecule has 0 bridgehead atoms. The zero-order valence-electron chi connectivity index (χ0n) is 11.7. The Balaban J connectivity index is 1.73. The third kappa shape index (κ3) is 3.14. The molecule has 0 saturated heterocycles. The zero-order valence-corrected chi connectivity index (χ0v) is 13.3. The van der Waals surface area contributed by atoms with E-state index in [1.165, 1.54) is 23.9 Å². The lowest BCUT2D eigenvalue weighted by Crippen LogP contribution is -2.41. The summed E-state index contributed by atoms with van der Waals surface area (Å²) in [6.45, 7) is 0.107. The van der Waals surface area contributed by atoms with Gasteiger partial charge >= 0.3 is 0 Å². The van der Waals surface area contributed by atoms with Crippen LogP contribution in [0.5, 0.6) is 0 Å². The van der Waals surface area contributed by atoms with Crippen LogP contribution in [-0.2, 0) is 16.8 Å². The van der Waals surface area contributed by atoms with Crippen molar-refractivity contribution in [2.75, 3.05) is 6.54 Å². The van der Waals surface area contributed by atoms with Gasteiger partial charge in [-0.2, -0.15) is 11.3 Å². The van der Waals surface area contributed by atoms with Gasteiger partial charge in [0.05, 0.1) is 25.5 Å². The second-order valence-electron chi connectivity index (χ2n) is 4.93. The third-order valence-electron chi connectivity index (χ3n) is 3.41. The molecule has 1 amide bonds. The minimum atomic E-state index is -1.27. The number of nitrogens with one attached hydrogen (secondary N) is 1. The number of carbonyl (C=O) groups is 1. The Morgan fingerprint density at radius 1 is 1.32 bits per heavy atom. The molecule has 0 spiro atoms. The van der Waals surface area contributed by atoms with Gasteiger partial charge in [-0.15, -0.1) is 11.3 Å². The van der Waals surface area contributed by atoms with Gasteiger partial charge in [-0.1, -0.05) is 6.07 Å². The van der Waals surface area contributed by atoms with Gasteiger partial charge in [0.15, 0.2) is 0 Å². The van der Waals surface area contributed by atoms with E-state index in [0.29, 0.717) is 12.0 Å². The van der Waals surface area contributed by atoms with Crippen molar-refractivity contribution < 1.29 is 14.3 Å². The van der Waals surface area contributed by atoms with Crippen molar-refractivity contribution in [2.24, 2.45) is 0 Å². The highest BCUT2D eigenvalue weighted by atomic mass is 32.1. The topological polar surface area (TPSA) is 62.5 Å². The van der Waals surface area contributed by atoms with Crippen molar-refractivity contribution in [1.82, 2.24) is 5.32 Å². The van der Waals surface area contributed by atoms with Gasteiger partial charge in [-0.3, -0.25) is 4.79 Å². The standard InChI is InChI=1S/C16H15NO3S2/c18-15(8-12-4-7-21-10-12)17-11-16(19,13-3-5-20-9-13)14-2-1-6-22-14/h1-7,9-10,19H,8,11H2,(H,17,18). The van der Waals surface area contributed by atoms with Gasteiger partial charge in [0.2, 0.25) is 5.91 Å². The predicted molar refractivity (Wildman–Crippen MR) is 87.1 cm³/mol. The number of furan rings is 1. The quantitative estimate of drug-likeness (QED) is 0.729. The summed E-state index contributed by atoms with van der Waals surface area (Å²) in [5, 5.41) is 19.6. The number of hydrogen-bond acceptors (Lipinski definition) is 5. The highest BCUT2D eigenvalue weighted by Crippen LogP contribution is 2.32. The molecule has 0 fully saturated rings. The Morgan fingerprint density at radius 3 is 2.86 bits per heavy atom. The summed E-state index contributed by atoms with van der Waals surface area (Å²) in [7, 11) is 0. The molecule has 22 heavy (non-hydrogen) atoms. The fraction of sp³-hybridized carbons (Fsp3) is 0.188. The molecule has 0 saturated carbocycles. The summed E-state index contributed by atoms with van der Waals surface area (Å²) in [4.78, 5) is 12.8. The maximum absolute atomic E-state index is 12.1. The summed E-state index contributed by atoms with van der Waals surface area (Å²) in [6.07, 6.45) is 3.33. The molecular formula is C16H15NO3S2. The normalized spacial score (nSPS) is 13.7. The van der Waals surface area contributed by atoms with Gasteiger partial charge in [0, 0.05) is 10.4 Å². The maximum atomic E-state index is 12.1. The van der Waals surface area contributed by atoms with E-state index in [0.717, 1.165) is 10.4 Å². The molecule has 3 aromatic rings. The highest BCUT2D eigenvalue weighted by molar-refractivity contribution is 7.10. The summed E-state index contributed by atoms with van der Waals surface area (Å²) in [6, 6.07) is 7.36. The second-order valence-corrected chi connectivity index (χ2v) is 6.66. The molecule has 4 nitrogen and oxygen atoms in total. The highest BCUT2D eigenvalue weighted by Gasteiger charge is 2.34. The van der Waals surface area contributed by atoms with Crippen LogP contribution in [-0.4, -0.2) is 17.6 Å². The lowest BCUT2D eigenvalue weighted by atomic mass is 9.94. The first-order chi connectivity index (χ1) is 10.7. The smallest absolute Gasteiger partial charge is 0.224 e. The van der Waals surface area contributed by atoms with Gasteiger partial charge in [-0.05, 0) is 39.9 Å². The number of carbonyl (C=O) groups excluding carboxylic acids is 1. The molecule has 0 radical (unpaired) electrons. The van der Waals surface area contributed by atoms with Crippen LogP contribution in [0.2, 0.25) is 0 Å². The monoisotopic (exact) mass is 333 g/mol. The van der Waals surface area contributed by atoms with E-state index in [1.54, 1.807) is 17.4 Å². The molecule has 3 rings (SSSR count). The van der Waals surface area contributed by atoms with Crippen molar-refractivity contribution >= 4 is 28.6 Å². The third-order valence-corrected chi connectivity index (χ3v) is 5.17. The Labute approximate surface area is 136 Å². The van der Waals surface area contributed by atoms with Gasteiger partial charge < -0.3 is 14.8 Å². The summed E-state index contributed by atoms with van der Waals surface area (Å²) >= 11 is 3.00. The van der Waals surface area contributed by atoms with E-state index in [9.17, 15) is 9.90 Å². The lowest BCUT2D eigenvalue weighted by Gasteiger charge is -2.26. The minimum Gasteiger partial charge on any atom is -0.472 e. The van der Waals surface area contributed by atoms with Crippen LogP contribution >= 0.6 is 22.7 Å². The first kappa shape index (κ1) is 15.0. The summed E-state index contributed by atoms with van der Waals surface area (Å²) in [5.74, 6) is -0.114. The molecule has 0 aliphatic heterocycles. The Kier molecular flexibility index (Phi) is 4.42. The molecule has 2 N–H and O–H groups in total. The first-order valence-corrected chi connectivity index (χ1v) is 8.57. The molecular weight excluding hydrogens is 318 g/mol. The molecule has 3 heterocycles. The van der Waals surface area contributed by atoms with E-state index in [-0.39, 0.29) is 12.5 Å². The van der Waals surface area contributed by atoms with Crippen LogP contribution < -0.4 is 5.32 Å². The fourth-order valence-electron chi connectivity index (χ4n) is 2.21. The van der Waals surface area contributed by atoms with Crippen LogP contribution in [0, 0.1) is 0 Å². The van der Waals surface area contributed by atoms with Crippen LogP contribution in [0.25, 0.3) is 0 Å². The van der Waals surface area contributed by atoms with Gasteiger partial charge in [0.1, 0.15) is 5.60 Å². The number of thiophene rings is 2. The van der Waals surface area contributed by atoms with Gasteiger partial charge in [0.25, 0.3) is 0 Å². The average Bonchev–Trinajstić information content (AvgIpc) is 3.26. The SMILES string of the molecule is O=C(Cc1ccsc1)NCC(O)(c1ccoc1)c1cccs1. The maximum Gasteiger partial charge on any atom is 0.224 e. The number of aliphatic hydroxyl groups is 1. The number of hydrogen-bond donors (Lipinski definition) is 2. The van der Waals surface area contributed by atoms with Crippen molar-refractivity contribution in [3.63, 3.8) is 0 Å². The van der Waals surface area contributed by atoms with Crippen LogP contribution in [0.3, 0.4) is 0 Å². The molecule has 6 heteroatoms. The van der Waals surface area contributed by atoms with Crippen LogP contribution in [0.15, 0.2) is 57.3 Å². The van der Waals surface area contributed by atoms with Crippen molar-refractivity contribution in [1.29, 1.82) is 0 Å². The molecule has 0 aromatic carbocycles. The molecule has 114 valence electrons. The van der Waals surface area contributed by atoms with E-state index in [1.807, 2.05) is 34.3 Å². The summed E-state index contributed by atoms with van der Waals surface area (Å²) < 4.78 is 5.08. The Bertz CT molecular complexity index is 669. The second kappa shape index (κ2) is 6.48. The first-order valence-electron chi connectivity index (χ1n) is 6.75. The Morgan fingerprint density at radius 2 is 2.23 bits per heavy atom. The van der Waals surface area contributed by atoms with E-state index >= 15 is 0 Å². The summed E-state index contributed by atoms with van der Waals surface area (Å²) in [5.41, 5.74) is 0.335. The van der Waals surface area contributed by atoms with Crippen molar-refractivity contribution in [3.8, 4) is 0 Å². The fourth-order valence-corrected chi connectivity index (χ4v) is 3.73.